The molecule has 0 aliphatic heterocycles. The normalized spacial score (nSPS) is 11.4. The van der Waals surface area contributed by atoms with Crippen LogP contribution in [0.5, 0.6) is 0 Å². The van der Waals surface area contributed by atoms with Crippen LogP contribution in [0.15, 0.2) is 57.4 Å². The fraction of sp³-hybridized carbons (Fsp3) is 0.357. The van der Waals surface area contributed by atoms with Crippen molar-refractivity contribution in [1.29, 1.82) is 10.8 Å². The molecule has 0 bridgehead atoms. The van der Waals surface area contributed by atoms with E-state index in [9.17, 15) is 0 Å². The summed E-state index contributed by atoms with van der Waals surface area (Å²) in [5.74, 6) is 2.11. The van der Waals surface area contributed by atoms with E-state index in [1.807, 2.05) is 36.4 Å². The summed E-state index contributed by atoms with van der Waals surface area (Å²) in [5, 5.41) is 16.9. The van der Waals surface area contributed by atoms with Gasteiger partial charge in [-0.2, -0.15) is 0 Å². The lowest BCUT2D eigenvalue weighted by atomic mass is 10.1. The van der Waals surface area contributed by atoms with Crippen LogP contribution in [-0.2, 0) is 12.8 Å². The fourth-order valence-corrected chi connectivity index (χ4v) is 4.32. The van der Waals surface area contributed by atoms with Gasteiger partial charge in [0.1, 0.15) is 22.7 Å². The minimum Gasteiger partial charge on any atom is -0.461 e. The summed E-state index contributed by atoms with van der Waals surface area (Å²) in [5.41, 5.74) is 3.67. The van der Waals surface area contributed by atoms with Gasteiger partial charge in [0.15, 0.2) is 0 Å². The van der Waals surface area contributed by atoms with Gasteiger partial charge in [0.25, 0.3) is 0 Å². The SMILES string of the molecule is N=Cc1ccc2oc(CCCCCCCCCCc3cc4cc(C=N)ccc4o3)cc2c1. The van der Waals surface area contributed by atoms with Gasteiger partial charge in [0.05, 0.1) is 0 Å². The van der Waals surface area contributed by atoms with Crippen LogP contribution in [0, 0.1) is 10.8 Å². The smallest absolute Gasteiger partial charge is 0.134 e. The van der Waals surface area contributed by atoms with Crippen molar-refractivity contribution >= 4 is 34.4 Å². The van der Waals surface area contributed by atoms with E-state index in [0.29, 0.717) is 0 Å². The zero-order chi connectivity index (χ0) is 22.2. The second-order valence-corrected chi connectivity index (χ2v) is 8.64. The van der Waals surface area contributed by atoms with Crippen LogP contribution in [0.4, 0.5) is 0 Å². The maximum absolute atomic E-state index is 7.36. The molecule has 0 unspecified atom stereocenters. The van der Waals surface area contributed by atoms with Gasteiger partial charge >= 0.3 is 0 Å². The number of nitrogens with one attached hydrogen (secondary N) is 2. The highest BCUT2D eigenvalue weighted by Gasteiger charge is 2.05. The lowest BCUT2D eigenvalue weighted by molar-refractivity contribution is 0.508. The molecule has 2 aromatic heterocycles. The molecule has 0 aliphatic rings. The Morgan fingerprint density at radius 2 is 0.938 bits per heavy atom. The van der Waals surface area contributed by atoms with Crippen LogP contribution in [0.25, 0.3) is 21.9 Å². The number of benzene rings is 2. The number of rotatable bonds is 13. The van der Waals surface area contributed by atoms with Crippen LogP contribution in [0.1, 0.15) is 74.0 Å². The van der Waals surface area contributed by atoms with Gasteiger partial charge in [-0.05, 0) is 72.5 Å². The van der Waals surface area contributed by atoms with E-state index in [4.69, 9.17) is 19.7 Å². The average Bonchev–Trinajstić information content (AvgIpc) is 3.42. The highest BCUT2D eigenvalue weighted by molar-refractivity contribution is 5.88. The van der Waals surface area contributed by atoms with Gasteiger partial charge < -0.3 is 19.7 Å². The van der Waals surface area contributed by atoms with Crippen molar-refractivity contribution < 1.29 is 8.83 Å². The number of unbranched alkanes of at least 4 members (excludes halogenated alkanes) is 7. The summed E-state index contributed by atoms with van der Waals surface area (Å²) in [6.45, 7) is 0. The predicted octanol–water partition coefficient (Wildman–Crippen LogP) is 8.08. The first-order valence-corrected chi connectivity index (χ1v) is 11.8. The molecular weight excluding hydrogens is 396 g/mol. The molecule has 2 aromatic carbocycles. The Balaban J connectivity index is 1.06. The lowest BCUT2D eigenvalue weighted by Crippen LogP contribution is -1.86. The molecule has 32 heavy (non-hydrogen) atoms. The molecule has 0 saturated carbocycles. The third-order valence-corrected chi connectivity index (χ3v) is 6.11. The summed E-state index contributed by atoms with van der Waals surface area (Å²) in [7, 11) is 0. The number of hydrogen-bond acceptors (Lipinski definition) is 4. The molecule has 0 radical (unpaired) electrons. The molecule has 0 atom stereocenters. The Hall–Kier alpha value is -3.14. The number of hydrogen-bond donors (Lipinski definition) is 2. The van der Waals surface area contributed by atoms with Crippen LogP contribution in [-0.4, -0.2) is 12.4 Å². The Bertz CT molecular complexity index is 1090. The van der Waals surface area contributed by atoms with E-state index in [-0.39, 0.29) is 0 Å². The standard InChI is InChI=1S/C28H32N2O2/c29-19-21-11-13-27-23(15-21)17-25(31-27)9-7-5-3-1-2-4-6-8-10-26-18-24-16-22(20-30)12-14-28(24)32-26/h11-20,29-30H,1-10H2. The minimum atomic E-state index is 0.917. The maximum Gasteiger partial charge on any atom is 0.134 e. The second kappa shape index (κ2) is 10.9. The van der Waals surface area contributed by atoms with E-state index >= 15 is 0 Å². The first kappa shape index (κ1) is 22.1. The van der Waals surface area contributed by atoms with E-state index in [0.717, 1.165) is 57.4 Å². The number of furan rings is 2. The quantitative estimate of drug-likeness (QED) is 0.167. The zero-order valence-electron chi connectivity index (χ0n) is 18.7. The highest BCUT2D eigenvalue weighted by atomic mass is 16.3. The van der Waals surface area contributed by atoms with E-state index in [1.165, 1.54) is 63.8 Å². The predicted molar refractivity (Wildman–Crippen MR) is 133 cm³/mol. The third-order valence-electron chi connectivity index (χ3n) is 6.11. The van der Waals surface area contributed by atoms with Crippen molar-refractivity contribution in [1.82, 2.24) is 0 Å². The Morgan fingerprint density at radius 3 is 1.34 bits per heavy atom. The van der Waals surface area contributed by atoms with Gasteiger partial charge in [0.2, 0.25) is 0 Å². The van der Waals surface area contributed by atoms with Crippen molar-refractivity contribution in [3.63, 3.8) is 0 Å². The number of fused-ring (bicyclic) bond motifs is 2. The molecule has 4 heteroatoms. The summed E-state index contributed by atoms with van der Waals surface area (Å²) in [6.07, 6.45) is 14.8. The minimum absolute atomic E-state index is 0.917. The van der Waals surface area contributed by atoms with Crippen molar-refractivity contribution in [3.8, 4) is 0 Å². The molecule has 4 rings (SSSR count). The van der Waals surface area contributed by atoms with E-state index in [1.54, 1.807) is 0 Å². The fourth-order valence-electron chi connectivity index (χ4n) is 4.32. The maximum atomic E-state index is 7.36. The molecule has 4 nitrogen and oxygen atoms in total. The lowest BCUT2D eigenvalue weighted by Gasteiger charge is -2.02. The van der Waals surface area contributed by atoms with Crippen molar-refractivity contribution in [3.05, 3.63) is 71.2 Å². The first-order valence-electron chi connectivity index (χ1n) is 11.8. The molecule has 2 N–H and O–H groups in total. The summed E-state index contributed by atoms with van der Waals surface area (Å²) >= 11 is 0. The van der Waals surface area contributed by atoms with Crippen LogP contribution in [0.3, 0.4) is 0 Å². The third kappa shape index (κ3) is 5.76. The topological polar surface area (TPSA) is 74.0 Å². The van der Waals surface area contributed by atoms with Crippen molar-refractivity contribution in [2.75, 3.05) is 0 Å². The zero-order valence-corrected chi connectivity index (χ0v) is 18.7. The largest absolute Gasteiger partial charge is 0.461 e. The molecule has 4 aromatic rings. The van der Waals surface area contributed by atoms with Gasteiger partial charge in [0, 0.05) is 36.0 Å². The van der Waals surface area contributed by atoms with Crippen LogP contribution in [0.2, 0.25) is 0 Å². The monoisotopic (exact) mass is 428 g/mol. The molecule has 0 saturated heterocycles. The molecule has 0 spiro atoms. The van der Waals surface area contributed by atoms with Gasteiger partial charge in [-0.25, -0.2) is 0 Å². The van der Waals surface area contributed by atoms with Crippen LogP contribution >= 0.6 is 0 Å². The van der Waals surface area contributed by atoms with Gasteiger partial charge in [-0.1, -0.05) is 38.5 Å². The van der Waals surface area contributed by atoms with Gasteiger partial charge in [-0.3, -0.25) is 0 Å². The summed E-state index contributed by atoms with van der Waals surface area (Å²) in [6, 6.07) is 16.0. The molecular formula is C28H32N2O2. The van der Waals surface area contributed by atoms with Crippen molar-refractivity contribution in [2.24, 2.45) is 0 Å². The van der Waals surface area contributed by atoms with E-state index in [2.05, 4.69) is 12.1 Å². The average molecular weight is 429 g/mol. The molecule has 0 aliphatic carbocycles. The van der Waals surface area contributed by atoms with Crippen LogP contribution < -0.4 is 0 Å². The highest BCUT2D eigenvalue weighted by Crippen LogP contribution is 2.23. The Labute approximate surface area is 189 Å². The molecule has 166 valence electrons. The molecule has 0 amide bonds. The first-order chi connectivity index (χ1) is 15.7. The van der Waals surface area contributed by atoms with E-state index < -0.39 is 0 Å². The molecule has 2 heterocycles. The summed E-state index contributed by atoms with van der Waals surface area (Å²) < 4.78 is 11.8. The van der Waals surface area contributed by atoms with Crippen molar-refractivity contribution in [2.45, 2.75) is 64.2 Å². The Kier molecular flexibility index (Phi) is 7.55. The Morgan fingerprint density at radius 1 is 0.531 bits per heavy atom. The molecule has 0 fully saturated rings. The number of aryl methyl sites for hydroxylation is 2. The second-order valence-electron chi connectivity index (χ2n) is 8.64. The summed E-state index contributed by atoms with van der Waals surface area (Å²) in [4.78, 5) is 0. The van der Waals surface area contributed by atoms with Gasteiger partial charge in [-0.15, -0.1) is 0 Å².